The zero-order valence-corrected chi connectivity index (χ0v) is 16.5. The molecule has 0 aromatic carbocycles. The van der Waals surface area contributed by atoms with Crippen LogP contribution in [0, 0.1) is 5.92 Å². The number of amides is 2. The molecule has 0 aromatic rings. The molecule has 1 unspecified atom stereocenters. The summed E-state index contributed by atoms with van der Waals surface area (Å²) in [7, 11) is -0.539. The lowest BCUT2D eigenvalue weighted by molar-refractivity contribution is -0.134. The summed E-state index contributed by atoms with van der Waals surface area (Å²) >= 11 is 0. The van der Waals surface area contributed by atoms with Crippen LogP contribution < -0.4 is 4.72 Å². The van der Waals surface area contributed by atoms with Gasteiger partial charge < -0.3 is 9.64 Å². The van der Waals surface area contributed by atoms with Gasteiger partial charge in [-0.1, -0.05) is 6.42 Å². The lowest BCUT2D eigenvalue weighted by Crippen LogP contribution is -2.48. The van der Waals surface area contributed by atoms with Gasteiger partial charge in [-0.3, -0.25) is 4.79 Å². The molecule has 2 saturated carbocycles. The van der Waals surface area contributed by atoms with Crippen LogP contribution in [0.15, 0.2) is 0 Å². The van der Waals surface area contributed by atoms with Gasteiger partial charge >= 0.3 is 16.3 Å². The average Bonchev–Trinajstić information content (AvgIpc) is 2.82. The van der Waals surface area contributed by atoms with E-state index in [-0.39, 0.29) is 11.8 Å². The van der Waals surface area contributed by atoms with Crippen LogP contribution >= 0.6 is 0 Å². The summed E-state index contributed by atoms with van der Waals surface area (Å²) in [6, 6.07) is -0.916. The molecule has 0 spiro atoms. The molecule has 0 aromatic heterocycles. The van der Waals surface area contributed by atoms with Crippen LogP contribution in [0.4, 0.5) is 4.79 Å². The van der Waals surface area contributed by atoms with Crippen molar-refractivity contribution in [2.24, 2.45) is 5.92 Å². The fraction of sp³-hybridized carbons (Fsp3) is 0.882. The molecule has 3 rings (SSSR count). The Morgan fingerprint density at radius 1 is 1.15 bits per heavy atom. The lowest BCUT2D eigenvalue weighted by Gasteiger charge is -2.36. The number of hydrogen-bond donors (Lipinski definition) is 1. The molecule has 2 amide bonds. The normalized spacial score (nSPS) is 32.6. The highest BCUT2D eigenvalue weighted by Gasteiger charge is 2.52. The first-order valence-corrected chi connectivity index (χ1v) is 10.8. The molecule has 26 heavy (non-hydrogen) atoms. The first-order valence-electron chi connectivity index (χ1n) is 9.39. The SMILES string of the molecule is CN(C)C(=O)[C@H]1CC[C@H]2C(C1)NS(=O)(=O)N2C(=O)OC1(C)CCCCC1. The monoisotopic (exact) mass is 387 g/mol. The van der Waals surface area contributed by atoms with Gasteiger partial charge in [0.1, 0.15) is 5.60 Å². The maximum atomic E-state index is 12.7. The van der Waals surface area contributed by atoms with Gasteiger partial charge in [0.2, 0.25) is 5.91 Å². The van der Waals surface area contributed by atoms with Crippen LogP contribution in [0.25, 0.3) is 0 Å². The molecule has 1 N–H and O–H groups in total. The van der Waals surface area contributed by atoms with E-state index in [0.717, 1.165) is 36.4 Å². The number of carbonyl (C=O) groups excluding carboxylic acids is 2. The van der Waals surface area contributed by atoms with E-state index >= 15 is 0 Å². The number of ether oxygens (including phenoxy) is 1. The molecule has 0 bridgehead atoms. The summed E-state index contributed by atoms with van der Waals surface area (Å²) in [5.74, 6) is -0.223. The molecule has 2 aliphatic carbocycles. The summed E-state index contributed by atoms with van der Waals surface area (Å²) in [6.07, 6.45) is 5.24. The Hall–Kier alpha value is -1.35. The molecule has 3 aliphatic rings. The topological polar surface area (TPSA) is 96.0 Å². The van der Waals surface area contributed by atoms with E-state index in [4.69, 9.17) is 4.74 Å². The first kappa shape index (κ1) is 19.4. The van der Waals surface area contributed by atoms with Crippen molar-refractivity contribution in [1.82, 2.24) is 13.9 Å². The number of rotatable bonds is 2. The molecule has 1 saturated heterocycles. The second-order valence-corrected chi connectivity index (χ2v) is 9.79. The minimum Gasteiger partial charge on any atom is -0.442 e. The molecule has 1 aliphatic heterocycles. The van der Waals surface area contributed by atoms with Gasteiger partial charge in [0.05, 0.1) is 6.04 Å². The van der Waals surface area contributed by atoms with Crippen molar-refractivity contribution in [3.8, 4) is 0 Å². The van der Waals surface area contributed by atoms with Crippen LogP contribution in [0.1, 0.15) is 58.3 Å². The molecule has 8 nitrogen and oxygen atoms in total. The van der Waals surface area contributed by atoms with Gasteiger partial charge in [-0.25, -0.2) is 4.79 Å². The Morgan fingerprint density at radius 2 is 1.81 bits per heavy atom. The van der Waals surface area contributed by atoms with E-state index in [1.165, 1.54) is 4.90 Å². The third kappa shape index (κ3) is 3.69. The van der Waals surface area contributed by atoms with Crippen LogP contribution in [0.2, 0.25) is 0 Å². The van der Waals surface area contributed by atoms with Crippen molar-refractivity contribution in [2.45, 2.75) is 76.0 Å². The van der Waals surface area contributed by atoms with Crippen LogP contribution in [-0.2, 0) is 19.7 Å². The number of fused-ring (bicyclic) bond motifs is 1. The maximum Gasteiger partial charge on any atom is 0.425 e. The van der Waals surface area contributed by atoms with Crippen molar-refractivity contribution in [3.63, 3.8) is 0 Å². The predicted octanol–water partition coefficient (Wildman–Crippen LogP) is 1.62. The van der Waals surface area contributed by atoms with Gasteiger partial charge in [0.25, 0.3) is 0 Å². The van der Waals surface area contributed by atoms with E-state index < -0.39 is 34.0 Å². The second-order valence-electron chi connectivity index (χ2n) is 8.21. The van der Waals surface area contributed by atoms with Crippen molar-refractivity contribution in [3.05, 3.63) is 0 Å². The number of nitrogens with one attached hydrogen (secondary N) is 1. The minimum absolute atomic E-state index is 0.00149. The number of nitrogens with zero attached hydrogens (tertiary/aromatic N) is 2. The van der Waals surface area contributed by atoms with Crippen molar-refractivity contribution < 1.29 is 22.7 Å². The van der Waals surface area contributed by atoms with Gasteiger partial charge in [-0.15, -0.1) is 0 Å². The smallest absolute Gasteiger partial charge is 0.425 e. The van der Waals surface area contributed by atoms with Crippen LogP contribution in [0.3, 0.4) is 0 Å². The molecule has 3 atom stereocenters. The average molecular weight is 388 g/mol. The summed E-state index contributed by atoms with van der Waals surface area (Å²) in [5, 5.41) is 0. The Kier molecular flexibility index (Phi) is 5.22. The Morgan fingerprint density at radius 3 is 2.42 bits per heavy atom. The van der Waals surface area contributed by atoms with Crippen LogP contribution in [0.5, 0.6) is 0 Å². The highest BCUT2D eigenvalue weighted by molar-refractivity contribution is 7.88. The molecule has 1 heterocycles. The summed E-state index contributed by atoms with van der Waals surface area (Å²) < 4.78 is 34.2. The second kappa shape index (κ2) is 6.99. The van der Waals surface area contributed by atoms with E-state index in [2.05, 4.69) is 4.72 Å². The molecule has 0 radical (unpaired) electrons. The highest BCUT2D eigenvalue weighted by Crippen LogP contribution is 2.37. The zero-order chi connectivity index (χ0) is 19.1. The van der Waals surface area contributed by atoms with Crippen LogP contribution in [-0.4, -0.2) is 61.4 Å². The molecular weight excluding hydrogens is 358 g/mol. The fourth-order valence-electron chi connectivity index (χ4n) is 4.47. The minimum atomic E-state index is -3.93. The summed E-state index contributed by atoms with van der Waals surface area (Å²) in [4.78, 5) is 26.5. The van der Waals surface area contributed by atoms with Gasteiger partial charge in [0, 0.05) is 26.1 Å². The lowest BCUT2D eigenvalue weighted by atomic mass is 9.82. The molecule has 9 heteroatoms. The third-order valence-electron chi connectivity index (χ3n) is 5.89. The molecule has 3 fully saturated rings. The standard InChI is InChI=1S/C17H29N3O5S/c1-17(9-5-4-6-10-17)25-16(22)20-14-8-7-12(15(21)19(2)3)11-13(14)18-26(20,23)24/h12-14,18H,4-11H2,1-3H3/t12-,13?,14-/m0/s1. The highest BCUT2D eigenvalue weighted by atomic mass is 32.2. The zero-order valence-electron chi connectivity index (χ0n) is 15.7. The van der Waals surface area contributed by atoms with Crippen molar-refractivity contribution in [2.75, 3.05) is 14.1 Å². The molecule has 148 valence electrons. The Balaban J connectivity index is 1.72. The van der Waals surface area contributed by atoms with Gasteiger partial charge in [-0.05, 0) is 51.9 Å². The van der Waals surface area contributed by atoms with E-state index in [0.29, 0.717) is 19.3 Å². The van der Waals surface area contributed by atoms with E-state index in [1.54, 1.807) is 14.1 Å². The van der Waals surface area contributed by atoms with Crippen molar-refractivity contribution >= 4 is 22.2 Å². The first-order chi connectivity index (χ1) is 12.1. The third-order valence-corrected chi connectivity index (χ3v) is 7.43. The predicted molar refractivity (Wildman–Crippen MR) is 95.5 cm³/mol. The van der Waals surface area contributed by atoms with Gasteiger partial charge in [0.15, 0.2) is 0 Å². The summed E-state index contributed by atoms with van der Waals surface area (Å²) in [5.41, 5.74) is -0.596. The fourth-order valence-corrected chi connectivity index (χ4v) is 6.06. The maximum absolute atomic E-state index is 12.7. The Labute approximate surface area is 155 Å². The van der Waals surface area contributed by atoms with Crippen molar-refractivity contribution in [1.29, 1.82) is 0 Å². The molecular formula is C17H29N3O5S. The quantitative estimate of drug-likeness (QED) is 0.777. The Bertz CT molecular complexity index is 672. The number of hydrogen-bond acceptors (Lipinski definition) is 5. The van der Waals surface area contributed by atoms with E-state index in [1.807, 2.05) is 6.92 Å². The van der Waals surface area contributed by atoms with E-state index in [9.17, 15) is 18.0 Å². The number of carbonyl (C=O) groups is 2. The summed E-state index contributed by atoms with van der Waals surface area (Å²) in [6.45, 7) is 1.88. The van der Waals surface area contributed by atoms with Gasteiger partial charge in [-0.2, -0.15) is 17.4 Å². The largest absolute Gasteiger partial charge is 0.442 e.